The number of nitrogens with zero attached hydrogens (tertiary/aromatic N) is 3. The molecule has 2 fully saturated rings. The van der Waals surface area contributed by atoms with E-state index in [1.807, 2.05) is 0 Å². The van der Waals surface area contributed by atoms with Crippen molar-refractivity contribution in [3.8, 4) is 11.5 Å². The Morgan fingerprint density at radius 3 is 2.93 bits per heavy atom. The highest BCUT2D eigenvalue weighted by molar-refractivity contribution is 6.04. The van der Waals surface area contributed by atoms with Gasteiger partial charge in [-0.3, -0.25) is 15.1 Å². The molecule has 1 atom stereocenters. The van der Waals surface area contributed by atoms with Crippen LogP contribution >= 0.6 is 0 Å². The molecule has 2 aromatic rings. The van der Waals surface area contributed by atoms with Crippen molar-refractivity contribution in [3.63, 3.8) is 0 Å². The van der Waals surface area contributed by atoms with Gasteiger partial charge in [0.2, 0.25) is 0 Å². The normalized spacial score (nSPS) is 18.3. The highest BCUT2D eigenvalue weighted by atomic mass is 19.1. The molecule has 5 amide bonds. The number of piperazine rings is 1. The van der Waals surface area contributed by atoms with Crippen LogP contribution in [0.2, 0.25) is 0 Å². The van der Waals surface area contributed by atoms with Crippen LogP contribution < -0.4 is 15.4 Å². The first-order chi connectivity index (χ1) is 14.0. The molecule has 10 heteroatoms. The number of carbonyl (C=O) groups is 3. The molecule has 3 heterocycles. The predicted molar refractivity (Wildman–Crippen MR) is 98.6 cm³/mol. The van der Waals surface area contributed by atoms with Crippen LogP contribution in [0.15, 0.2) is 42.7 Å². The number of imide groups is 1. The summed E-state index contributed by atoms with van der Waals surface area (Å²) in [6.07, 6.45) is 3.07. The number of benzene rings is 1. The lowest BCUT2D eigenvalue weighted by Gasteiger charge is -2.35. The predicted octanol–water partition coefficient (Wildman–Crippen LogP) is 1.46. The Balaban J connectivity index is 1.33. The molecule has 0 saturated carbocycles. The van der Waals surface area contributed by atoms with Crippen molar-refractivity contribution in [2.45, 2.75) is 12.6 Å². The quantitative estimate of drug-likeness (QED) is 0.758. The van der Waals surface area contributed by atoms with Crippen LogP contribution in [0.3, 0.4) is 0 Å². The Morgan fingerprint density at radius 1 is 1.31 bits per heavy atom. The number of carbonyl (C=O) groups excluding carboxylic acids is 3. The van der Waals surface area contributed by atoms with Gasteiger partial charge in [-0.2, -0.15) is 0 Å². The minimum atomic E-state index is -0.664. The summed E-state index contributed by atoms with van der Waals surface area (Å²) in [7, 11) is 0. The molecule has 0 aliphatic carbocycles. The number of rotatable bonds is 4. The lowest BCUT2D eigenvalue weighted by Crippen LogP contribution is -2.56. The third kappa shape index (κ3) is 3.96. The van der Waals surface area contributed by atoms with Crippen LogP contribution in [0.5, 0.6) is 11.5 Å². The first-order valence-corrected chi connectivity index (χ1v) is 9.02. The number of fused-ring (bicyclic) bond motifs is 1. The van der Waals surface area contributed by atoms with E-state index in [0.29, 0.717) is 17.9 Å². The highest BCUT2D eigenvalue weighted by Crippen LogP contribution is 2.24. The molecule has 1 unspecified atom stereocenters. The lowest BCUT2D eigenvalue weighted by atomic mass is 10.2. The van der Waals surface area contributed by atoms with Gasteiger partial charge in [-0.05, 0) is 29.8 Å². The van der Waals surface area contributed by atoms with Crippen molar-refractivity contribution < 1.29 is 23.5 Å². The second kappa shape index (κ2) is 7.74. The van der Waals surface area contributed by atoms with Crippen molar-refractivity contribution in [2.24, 2.45) is 0 Å². The first-order valence-electron chi connectivity index (χ1n) is 9.02. The second-order valence-electron chi connectivity index (χ2n) is 6.66. The maximum Gasteiger partial charge on any atom is 0.324 e. The Bertz CT molecular complexity index is 955. The summed E-state index contributed by atoms with van der Waals surface area (Å²) in [5, 5.41) is 4.94. The molecule has 4 rings (SSSR count). The van der Waals surface area contributed by atoms with Gasteiger partial charge in [-0.15, -0.1) is 0 Å². The molecule has 2 aliphatic heterocycles. The smallest absolute Gasteiger partial charge is 0.324 e. The van der Waals surface area contributed by atoms with Crippen molar-refractivity contribution in [3.05, 3.63) is 54.1 Å². The Kier molecular flexibility index (Phi) is 4.98. The summed E-state index contributed by atoms with van der Waals surface area (Å²) in [6.45, 7) is 0.828. The molecular weight excluding hydrogens is 381 g/mol. The molecule has 2 saturated heterocycles. The van der Waals surface area contributed by atoms with Crippen LogP contribution in [0.1, 0.15) is 5.56 Å². The molecule has 29 heavy (non-hydrogen) atoms. The van der Waals surface area contributed by atoms with Crippen LogP contribution in [0.25, 0.3) is 0 Å². The Labute approximate surface area is 165 Å². The monoisotopic (exact) mass is 399 g/mol. The number of nitrogens with one attached hydrogen (secondary N) is 2. The third-order valence-electron chi connectivity index (χ3n) is 4.76. The summed E-state index contributed by atoms with van der Waals surface area (Å²) in [6, 6.07) is 6.29. The van der Waals surface area contributed by atoms with Gasteiger partial charge in [-0.1, -0.05) is 6.07 Å². The number of halogens is 1. The fraction of sp³-hybridized carbons (Fsp3) is 0.263. The van der Waals surface area contributed by atoms with E-state index in [9.17, 15) is 18.8 Å². The Morgan fingerprint density at radius 2 is 2.17 bits per heavy atom. The van der Waals surface area contributed by atoms with Crippen LogP contribution in [0.4, 0.5) is 14.0 Å². The van der Waals surface area contributed by atoms with E-state index in [1.165, 1.54) is 28.1 Å². The summed E-state index contributed by atoms with van der Waals surface area (Å²) in [5.41, 5.74) is 0.557. The number of aromatic nitrogens is 1. The third-order valence-corrected chi connectivity index (χ3v) is 4.76. The van der Waals surface area contributed by atoms with Gasteiger partial charge in [0.05, 0.1) is 12.7 Å². The van der Waals surface area contributed by atoms with Crippen molar-refractivity contribution >= 4 is 18.0 Å². The van der Waals surface area contributed by atoms with Gasteiger partial charge in [0.15, 0.2) is 11.6 Å². The zero-order chi connectivity index (χ0) is 20.4. The topological polar surface area (TPSA) is 104 Å². The fourth-order valence-corrected chi connectivity index (χ4v) is 3.26. The molecule has 0 spiro atoms. The molecular formula is C19H18FN5O4. The number of pyridine rings is 1. The van der Waals surface area contributed by atoms with Gasteiger partial charge in [0.25, 0.3) is 5.91 Å². The standard InChI is InChI=1S/C19H18FN5O4/c20-14-8-12(3-4-16(14)29-13-2-1-5-21-10-13)9-22-18(27)24-6-7-25-15(11-24)17(26)23-19(25)28/h1-5,8,10,15H,6-7,9,11H2,(H,22,27)(H,23,26,28). The van der Waals surface area contributed by atoms with E-state index in [0.717, 1.165) is 0 Å². The maximum absolute atomic E-state index is 14.3. The van der Waals surface area contributed by atoms with Gasteiger partial charge >= 0.3 is 12.1 Å². The van der Waals surface area contributed by atoms with Gasteiger partial charge in [0.1, 0.15) is 11.8 Å². The van der Waals surface area contributed by atoms with Gasteiger partial charge in [-0.25, -0.2) is 14.0 Å². The summed E-state index contributed by atoms with van der Waals surface area (Å²) < 4.78 is 19.7. The molecule has 150 valence electrons. The number of hydrogen-bond donors (Lipinski definition) is 2. The van der Waals surface area contributed by atoms with Gasteiger partial charge in [0, 0.05) is 25.8 Å². The maximum atomic E-state index is 14.3. The molecule has 1 aromatic carbocycles. The van der Waals surface area contributed by atoms with E-state index in [-0.39, 0.29) is 31.4 Å². The van der Waals surface area contributed by atoms with E-state index < -0.39 is 23.8 Å². The molecule has 0 radical (unpaired) electrons. The molecule has 9 nitrogen and oxygen atoms in total. The number of ether oxygens (including phenoxy) is 1. The number of amides is 5. The largest absolute Gasteiger partial charge is 0.453 e. The van der Waals surface area contributed by atoms with Crippen molar-refractivity contribution in [1.82, 2.24) is 25.4 Å². The lowest BCUT2D eigenvalue weighted by molar-refractivity contribution is -0.122. The van der Waals surface area contributed by atoms with E-state index in [2.05, 4.69) is 15.6 Å². The zero-order valence-corrected chi connectivity index (χ0v) is 15.3. The SMILES string of the molecule is O=C1NC(=O)N2CCN(C(=O)NCc3ccc(Oc4cccnc4)c(F)c3)CC12. The van der Waals surface area contributed by atoms with Crippen molar-refractivity contribution in [2.75, 3.05) is 19.6 Å². The average molecular weight is 399 g/mol. The molecule has 2 N–H and O–H groups in total. The van der Waals surface area contributed by atoms with E-state index >= 15 is 0 Å². The minimum Gasteiger partial charge on any atom is -0.453 e. The summed E-state index contributed by atoms with van der Waals surface area (Å²) in [5.74, 6) is -0.490. The van der Waals surface area contributed by atoms with Crippen LogP contribution in [-0.2, 0) is 11.3 Å². The molecule has 1 aromatic heterocycles. The number of urea groups is 2. The number of hydrogen-bond acceptors (Lipinski definition) is 5. The molecule has 0 bridgehead atoms. The summed E-state index contributed by atoms with van der Waals surface area (Å²) >= 11 is 0. The minimum absolute atomic E-state index is 0.0566. The fourth-order valence-electron chi connectivity index (χ4n) is 3.26. The second-order valence-corrected chi connectivity index (χ2v) is 6.66. The van der Waals surface area contributed by atoms with Crippen LogP contribution in [-0.4, -0.2) is 58.4 Å². The van der Waals surface area contributed by atoms with E-state index in [1.54, 1.807) is 24.4 Å². The molecule has 2 aliphatic rings. The van der Waals surface area contributed by atoms with E-state index in [4.69, 9.17) is 4.74 Å². The highest BCUT2D eigenvalue weighted by Gasteiger charge is 2.42. The average Bonchev–Trinajstić information content (AvgIpc) is 3.02. The van der Waals surface area contributed by atoms with Gasteiger partial charge < -0.3 is 19.9 Å². The Hall–Kier alpha value is -3.69. The first kappa shape index (κ1) is 18.7. The van der Waals surface area contributed by atoms with Crippen LogP contribution in [0, 0.1) is 5.82 Å². The summed E-state index contributed by atoms with van der Waals surface area (Å²) in [4.78, 5) is 42.6. The van der Waals surface area contributed by atoms with Crippen molar-refractivity contribution in [1.29, 1.82) is 0 Å². The zero-order valence-electron chi connectivity index (χ0n) is 15.3.